The van der Waals surface area contributed by atoms with E-state index in [1.165, 1.54) is 24.7 Å². The summed E-state index contributed by atoms with van der Waals surface area (Å²) in [7, 11) is 0. The molecule has 2 aromatic heterocycles. The number of carbonyl (C=O) groups excluding carboxylic acids is 1. The molecule has 10 heteroatoms. The highest BCUT2D eigenvalue weighted by atomic mass is 19.3. The first-order valence-corrected chi connectivity index (χ1v) is 5.20. The van der Waals surface area contributed by atoms with Gasteiger partial charge in [-0.3, -0.25) is 4.79 Å². The first kappa shape index (κ1) is 13.9. The van der Waals surface area contributed by atoms with Crippen molar-refractivity contribution in [3.8, 4) is 5.82 Å². The fourth-order valence-corrected chi connectivity index (χ4v) is 1.30. The van der Waals surface area contributed by atoms with Crippen molar-refractivity contribution in [2.45, 2.75) is 12.3 Å². The number of hydrogen-bond acceptors (Lipinski definition) is 4. The van der Waals surface area contributed by atoms with E-state index in [2.05, 4.69) is 15.1 Å². The maximum absolute atomic E-state index is 12.9. The molecule has 1 N–H and O–H groups in total. The van der Waals surface area contributed by atoms with Crippen LogP contribution in [0.5, 0.6) is 0 Å². The van der Waals surface area contributed by atoms with Crippen molar-refractivity contribution in [2.24, 2.45) is 0 Å². The summed E-state index contributed by atoms with van der Waals surface area (Å²) in [6, 6.07) is 2.57. The maximum Gasteiger partial charge on any atom is 0.383 e. The van der Waals surface area contributed by atoms with Gasteiger partial charge >= 0.3 is 18.3 Å². The van der Waals surface area contributed by atoms with Crippen molar-refractivity contribution in [3.05, 3.63) is 31.0 Å². The van der Waals surface area contributed by atoms with Crippen LogP contribution in [0.15, 0.2) is 31.0 Å². The van der Waals surface area contributed by atoms with Crippen LogP contribution in [-0.2, 0) is 4.79 Å². The molecule has 0 fully saturated rings. The van der Waals surface area contributed by atoms with Crippen molar-refractivity contribution < 1.29 is 22.4 Å². The highest BCUT2D eigenvalue weighted by Crippen LogP contribution is 2.26. The molecule has 0 aromatic carbocycles. The number of rotatable bonds is 4. The average molecular weight is 289 g/mol. The standard InChI is InChI=1S/C10H7F4N5O/c11-8(12)10(13,14)9(20)18-6-2-1-3-16-7(6)19-5-15-4-17-19/h1-5,8H,(H,18,20). The van der Waals surface area contributed by atoms with E-state index < -0.39 is 18.3 Å². The number of anilines is 1. The summed E-state index contributed by atoms with van der Waals surface area (Å²) in [5.41, 5.74) is -0.191. The van der Waals surface area contributed by atoms with Crippen molar-refractivity contribution in [3.63, 3.8) is 0 Å². The van der Waals surface area contributed by atoms with E-state index in [0.29, 0.717) is 0 Å². The van der Waals surface area contributed by atoms with Crippen molar-refractivity contribution in [1.82, 2.24) is 19.7 Å². The molecule has 0 bridgehead atoms. The number of nitrogens with one attached hydrogen (secondary N) is 1. The van der Waals surface area contributed by atoms with Crippen LogP contribution in [0, 0.1) is 0 Å². The number of aromatic nitrogens is 4. The lowest BCUT2D eigenvalue weighted by atomic mass is 10.3. The Hall–Kier alpha value is -2.52. The van der Waals surface area contributed by atoms with Gasteiger partial charge in [0.15, 0.2) is 5.82 Å². The molecule has 0 aliphatic rings. The van der Waals surface area contributed by atoms with Crippen LogP contribution in [0.1, 0.15) is 0 Å². The Labute approximate surface area is 109 Å². The van der Waals surface area contributed by atoms with Gasteiger partial charge in [-0.25, -0.2) is 23.4 Å². The Kier molecular flexibility index (Phi) is 3.63. The third kappa shape index (κ3) is 2.58. The van der Waals surface area contributed by atoms with Gasteiger partial charge in [0, 0.05) is 6.20 Å². The summed E-state index contributed by atoms with van der Waals surface area (Å²) >= 11 is 0. The fourth-order valence-electron chi connectivity index (χ4n) is 1.30. The maximum atomic E-state index is 12.9. The lowest BCUT2D eigenvalue weighted by Crippen LogP contribution is -2.41. The normalized spacial score (nSPS) is 11.7. The molecule has 0 spiro atoms. The van der Waals surface area contributed by atoms with Gasteiger partial charge in [-0.05, 0) is 12.1 Å². The number of pyridine rings is 1. The van der Waals surface area contributed by atoms with Gasteiger partial charge < -0.3 is 5.32 Å². The van der Waals surface area contributed by atoms with E-state index in [1.807, 2.05) is 0 Å². The Balaban J connectivity index is 2.29. The van der Waals surface area contributed by atoms with E-state index in [0.717, 1.165) is 11.0 Å². The third-order valence-corrected chi connectivity index (χ3v) is 2.25. The summed E-state index contributed by atoms with van der Waals surface area (Å²) in [6.07, 6.45) is -0.413. The molecule has 106 valence electrons. The Morgan fingerprint density at radius 1 is 1.40 bits per heavy atom. The van der Waals surface area contributed by atoms with Gasteiger partial charge in [-0.2, -0.15) is 13.9 Å². The second kappa shape index (κ2) is 5.23. The van der Waals surface area contributed by atoms with Crippen LogP contribution in [0.3, 0.4) is 0 Å². The molecule has 0 radical (unpaired) electrons. The number of nitrogens with zero attached hydrogens (tertiary/aromatic N) is 4. The van der Waals surface area contributed by atoms with Gasteiger partial charge in [-0.1, -0.05) is 0 Å². The number of carbonyl (C=O) groups is 1. The van der Waals surface area contributed by atoms with E-state index in [9.17, 15) is 22.4 Å². The van der Waals surface area contributed by atoms with Crippen molar-refractivity contribution in [2.75, 3.05) is 5.32 Å². The molecule has 0 atom stereocenters. The third-order valence-electron chi connectivity index (χ3n) is 2.25. The van der Waals surface area contributed by atoms with Crippen LogP contribution in [-0.4, -0.2) is 38.0 Å². The molecule has 0 saturated heterocycles. The quantitative estimate of drug-likeness (QED) is 0.866. The summed E-state index contributed by atoms with van der Waals surface area (Å²) in [4.78, 5) is 18.6. The average Bonchev–Trinajstić information content (AvgIpc) is 2.92. The zero-order valence-electron chi connectivity index (χ0n) is 9.67. The Morgan fingerprint density at radius 3 is 2.75 bits per heavy atom. The molecular formula is C10H7F4N5O. The minimum absolute atomic E-state index is 0.0246. The fraction of sp³-hybridized carbons (Fsp3) is 0.200. The minimum atomic E-state index is -4.80. The zero-order chi connectivity index (χ0) is 14.8. The SMILES string of the molecule is O=C(Nc1cccnc1-n1cncn1)C(F)(F)C(F)F. The van der Waals surface area contributed by atoms with Crippen molar-refractivity contribution >= 4 is 11.6 Å². The largest absolute Gasteiger partial charge is 0.383 e. The van der Waals surface area contributed by atoms with Gasteiger partial charge in [0.1, 0.15) is 12.7 Å². The van der Waals surface area contributed by atoms with E-state index in [1.54, 1.807) is 5.32 Å². The number of alkyl halides is 4. The minimum Gasteiger partial charge on any atom is -0.317 e. The second-order valence-corrected chi connectivity index (χ2v) is 3.59. The van der Waals surface area contributed by atoms with Crippen LogP contribution < -0.4 is 5.32 Å². The molecule has 0 aliphatic carbocycles. The molecule has 6 nitrogen and oxygen atoms in total. The molecule has 0 unspecified atom stereocenters. The van der Waals surface area contributed by atoms with Crippen LogP contribution in [0.4, 0.5) is 23.2 Å². The lowest BCUT2D eigenvalue weighted by molar-refractivity contribution is -0.163. The number of amides is 1. The molecule has 20 heavy (non-hydrogen) atoms. The Bertz CT molecular complexity index is 601. The smallest absolute Gasteiger partial charge is 0.317 e. The van der Waals surface area contributed by atoms with Gasteiger partial charge in [0.2, 0.25) is 0 Å². The van der Waals surface area contributed by atoms with Gasteiger partial charge in [0.25, 0.3) is 0 Å². The topological polar surface area (TPSA) is 72.7 Å². The van der Waals surface area contributed by atoms with E-state index in [-0.39, 0.29) is 11.5 Å². The van der Waals surface area contributed by atoms with Crippen LogP contribution in [0.2, 0.25) is 0 Å². The molecule has 2 heterocycles. The zero-order valence-corrected chi connectivity index (χ0v) is 9.67. The van der Waals surface area contributed by atoms with Gasteiger partial charge in [-0.15, -0.1) is 0 Å². The monoisotopic (exact) mass is 289 g/mol. The lowest BCUT2D eigenvalue weighted by Gasteiger charge is -2.16. The van der Waals surface area contributed by atoms with Crippen molar-refractivity contribution in [1.29, 1.82) is 0 Å². The summed E-state index contributed by atoms with van der Waals surface area (Å²) < 4.78 is 51.0. The molecule has 2 rings (SSSR count). The summed E-state index contributed by atoms with van der Waals surface area (Å²) in [5, 5.41) is 5.41. The molecule has 2 aromatic rings. The van der Waals surface area contributed by atoms with Crippen LogP contribution in [0.25, 0.3) is 5.82 Å². The number of hydrogen-bond donors (Lipinski definition) is 1. The van der Waals surface area contributed by atoms with Crippen LogP contribution >= 0.6 is 0 Å². The van der Waals surface area contributed by atoms with E-state index in [4.69, 9.17) is 0 Å². The molecule has 1 amide bonds. The summed E-state index contributed by atoms with van der Waals surface area (Å²) in [6.45, 7) is 0. The highest BCUT2D eigenvalue weighted by Gasteiger charge is 2.49. The van der Waals surface area contributed by atoms with E-state index >= 15 is 0 Å². The first-order valence-electron chi connectivity index (χ1n) is 5.20. The predicted octanol–water partition coefficient (Wildman–Crippen LogP) is 1.50. The molecule has 0 saturated carbocycles. The van der Waals surface area contributed by atoms with Gasteiger partial charge in [0.05, 0.1) is 5.69 Å². The number of halogens is 4. The highest BCUT2D eigenvalue weighted by molar-refractivity contribution is 5.97. The molecule has 0 aliphatic heterocycles. The summed E-state index contributed by atoms with van der Waals surface area (Å²) in [5.74, 6) is -6.94. The molecular weight excluding hydrogens is 282 g/mol. The Morgan fingerprint density at radius 2 is 2.15 bits per heavy atom. The first-order chi connectivity index (χ1) is 9.43. The second-order valence-electron chi connectivity index (χ2n) is 3.59. The predicted molar refractivity (Wildman–Crippen MR) is 58.7 cm³/mol.